The summed E-state index contributed by atoms with van der Waals surface area (Å²) in [6, 6.07) is 6.43. The molecule has 41 heavy (non-hydrogen) atoms. The van der Waals surface area contributed by atoms with E-state index in [0.717, 1.165) is 30.9 Å². The second kappa shape index (κ2) is 28.2. The predicted octanol–water partition coefficient (Wildman–Crippen LogP) is 13.1. The van der Waals surface area contributed by atoms with Crippen LogP contribution in [0.1, 0.15) is 187 Å². The third-order valence-electron chi connectivity index (χ3n) is 8.36. The highest BCUT2D eigenvalue weighted by Crippen LogP contribution is 2.38. The molecule has 0 aliphatic rings. The minimum absolute atomic E-state index is 0.585. The number of hydrogen-bond acceptors (Lipinski definition) is 3. The number of unbranched alkanes of at least 4 members (excludes halogenated alkanes) is 19. The van der Waals surface area contributed by atoms with Crippen LogP contribution in [0.4, 0.5) is 0 Å². The average molecular weight is 593 g/mol. The summed E-state index contributed by atoms with van der Waals surface area (Å²) in [5.74, 6) is 1.69. The van der Waals surface area contributed by atoms with Gasteiger partial charge in [0.25, 0.3) is 0 Å². The summed E-state index contributed by atoms with van der Waals surface area (Å²) in [5.41, 5.74) is 2.72. The monoisotopic (exact) mass is 592 g/mol. The van der Waals surface area contributed by atoms with Gasteiger partial charge in [0.1, 0.15) is 5.75 Å². The Bertz CT molecular complexity index is 693. The summed E-state index contributed by atoms with van der Waals surface area (Å²) in [6.45, 7) is 9.78. The van der Waals surface area contributed by atoms with E-state index >= 15 is 0 Å². The predicted molar refractivity (Wildman–Crippen MR) is 182 cm³/mol. The van der Waals surface area contributed by atoms with E-state index in [1.807, 2.05) is 6.07 Å². The zero-order valence-electron chi connectivity index (χ0n) is 27.9. The Morgan fingerprint density at radius 1 is 0.610 bits per heavy atom. The fraction of sp³-hybridized carbons (Fsp3) is 0.838. The molecule has 1 rings (SSSR count). The van der Waals surface area contributed by atoms with Crippen molar-refractivity contribution < 1.29 is 13.9 Å². The summed E-state index contributed by atoms with van der Waals surface area (Å²) in [4.78, 5) is 10.6. The normalized spacial score (nSPS) is 12.3. The quantitative estimate of drug-likeness (QED) is 0.0713. The van der Waals surface area contributed by atoms with E-state index in [0.29, 0.717) is 6.61 Å². The Morgan fingerprint density at radius 3 is 1.66 bits per heavy atom. The number of aryl methyl sites for hydroxylation is 1. The molecule has 0 fully saturated rings. The van der Waals surface area contributed by atoms with Crippen LogP contribution in [0, 0.1) is 5.92 Å². The van der Waals surface area contributed by atoms with E-state index in [9.17, 15) is 4.89 Å². The lowest BCUT2D eigenvalue weighted by atomic mass is 9.95. The molecule has 4 heteroatoms. The molecule has 0 amide bonds. The van der Waals surface area contributed by atoms with Gasteiger partial charge in [0.15, 0.2) is 0 Å². The summed E-state index contributed by atoms with van der Waals surface area (Å²) in [5, 5.41) is 0. The topological polar surface area (TPSA) is 38.7 Å². The lowest BCUT2D eigenvalue weighted by Gasteiger charge is -2.18. The van der Waals surface area contributed by atoms with Crippen LogP contribution < -0.4 is 4.52 Å². The molecule has 0 spiro atoms. The van der Waals surface area contributed by atoms with E-state index in [2.05, 4.69) is 39.8 Å². The van der Waals surface area contributed by atoms with Gasteiger partial charge in [0.05, 0.1) is 6.61 Å². The lowest BCUT2D eigenvalue weighted by molar-refractivity contribution is 0.253. The van der Waals surface area contributed by atoms with Crippen LogP contribution in [-0.2, 0) is 17.4 Å². The molecule has 0 heterocycles. The Hall–Kier alpha value is -0.630. The Balaban J connectivity index is 2.43. The van der Waals surface area contributed by atoms with Gasteiger partial charge in [0, 0.05) is 0 Å². The van der Waals surface area contributed by atoms with E-state index < -0.39 is 8.60 Å². The molecule has 0 aliphatic heterocycles. The van der Waals surface area contributed by atoms with E-state index in [1.165, 1.54) is 152 Å². The molecule has 1 aromatic rings. The van der Waals surface area contributed by atoms with Gasteiger partial charge in [-0.15, -0.1) is 0 Å². The third-order valence-corrected chi connectivity index (χ3v) is 9.12. The highest BCUT2D eigenvalue weighted by molar-refractivity contribution is 7.41. The molecular weight excluding hydrogens is 523 g/mol. The first kappa shape index (κ1) is 38.4. The zero-order chi connectivity index (χ0) is 29.8. The lowest BCUT2D eigenvalue weighted by Crippen LogP contribution is -2.02. The number of hydrogen-bond donors (Lipinski definition) is 1. The number of benzene rings is 1. The molecule has 0 saturated carbocycles. The van der Waals surface area contributed by atoms with E-state index in [-0.39, 0.29) is 0 Å². The smallest absolute Gasteiger partial charge is 0.394 e. The zero-order valence-corrected chi connectivity index (χ0v) is 28.8. The molecule has 0 radical (unpaired) electrons. The third kappa shape index (κ3) is 22.6. The maximum absolute atomic E-state index is 10.6. The minimum atomic E-state index is -1.88. The minimum Gasteiger partial charge on any atom is -0.427 e. The van der Waals surface area contributed by atoms with E-state index in [1.54, 1.807) is 0 Å². The van der Waals surface area contributed by atoms with Crippen molar-refractivity contribution >= 4 is 8.60 Å². The second-order valence-corrected chi connectivity index (χ2v) is 13.7. The van der Waals surface area contributed by atoms with Crippen LogP contribution in [0.15, 0.2) is 18.2 Å². The first-order chi connectivity index (χ1) is 20.1. The van der Waals surface area contributed by atoms with Gasteiger partial charge in [-0.3, -0.25) is 0 Å². The van der Waals surface area contributed by atoms with E-state index in [4.69, 9.17) is 9.05 Å². The van der Waals surface area contributed by atoms with Crippen LogP contribution >= 0.6 is 8.60 Å². The Labute approximate surface area is 258 Å². The molecule has 0 bridgehead atoms. The molecule has 0 aliphatic carbocycles. The maximum Gasteiger partial charge on any atom is 0.394 e. The van der Waals surface area contributed by atoms with Crippen molar-refractivity contribution in [3.05, 3.63) is 29.3 Å². The van der Waals surface area contributed by atoms with Crippen LogP contribution in [0.5, 0.6) is 5.75 Å². The standard InChI is InChI=1S/C37H69O3P/c1-5-7-9-11-15-20-24-29-35-30-27-32-37(36(35)31-25-21-16-12-10-8-6-2)40-41(38)39-33-26-22-18-14-13-17-19-23-28-34(3)4/h27,30,32,34,38H,5-26,28-29,31,33H2,1-4H3. The van der Waals surface area contributed by atoms with Gasteiger partial charge >= 0.3 is 8.60 Å². The molecule has 1 atom stereocenters. The van der Waals surface area contributed by atoms with Gasteiger partial charge < -0.3 is 13.9 Å². The highest BCUT2D eigenvalue weighted by atomic mass is 31.2. The van der Waals surface area contributed by atoms with Crippen molar-refractivity contribution in [3.8, 4) is 5.75 Å². The molecule has 0 saturated heterocycles. The van der Waals surface area contributed by atoms with Crippen molar-refractivity contribution in [1.29, 1.82) is 0 Å². The van der Waals surface area contributed by atoms with Crippen molar-refractivity contribution in [2.45, 2.75) is 188 Å². The molecule has 1 aromatic carbocycles. The van der Waals surface area contributed by atoms with Crippen LogP contribution in [0.3, 0.4) is 0 Å². The van der Waals surface area contributed by atoms with Gasteiger partial charge in [0.2, 0.25) is 0 Å². The fourth-order valence-corrected chi connectivity index (χ4v) is 6.39. The molecule has 3 nitrogen and oxygen atoms in total. The van der Waals surface area contributed by atoms with Gasteiger partial charge in [-0.2, -0.15) is 0 Å². The molecular formula is C37H69O3P. The van der Waals surface area contributed by atoms with Gasteiger partial charge in [-0.05, 0) is 55.2 Å². The maximum atomic E-state index is 10.6. The van der Waals surface area contributed by atoms with Crippen LogP contribution in [0.2, 0.25) is 0 Å². The van der Waals surface area contributed by atoms with Crippen LogP contribution in [0.25, 0.3) is 0 Å². The summed E-state index contributed by atoms with van der Waals surface area (Å²) in [6.07, 6.45) is 32.2. The Morgan fingerprint density at radius 2 is 1.10 bits per heavy atom. The van der Waals surface area contributed by atoms with Crippen molar-refractivity contribution in [3.63, 3.8) is 0 Å². The molecule has 1 unspecified atom stereocenters. The van der Waals surface area contributed by atoms with Crippen molar-refractivity contribution in [2.24, 2.45) is 5.92 Å². The van der Waals surface area contributed by atoms with Gasteiger partial charge in [-0.1, -0.05) is 168 Å². The van der Waals surface area contributed by atoms with Crippen molar-refractivity contribution in [2.75, 3.05) is 6.61 Å². The molecule has 1 N–H and O–H groups in total. The first-order valence-electron chi connectivity index (χ1n) is 18.0. The number of rotatable bonds is 30. The molecule has 0 aromatic heterocycles. The fourth-order valence-electron chi connectivity index (χ4n) is 5.71. The highest BCUT2D eigenvalue weighted by Gasteiger charge is 2.15. The largest absolute Gasteiger partial charge is 0.427 e. The Kier molecular flexibility index (Phi) is 26.4. The summed E-state index contributed by atoms with van der Waals surface area (Å²) < 4.78 is 11.8. The van der Waals surface area contributed by atoms with Crippen LogP contribution in [-0.4, -0.2) is 11.5 Å². The second-order valence-electron chi connectivity index (χ2n) is 12.8. The first-order valence-corrected chi connectivity index (χ1v) is 19.1. The summed E-state index contributed by atoms with van der Waals surface area (Å²) >= 11 is 0. The summed E-state index contributed by atoms with van der Waals surface area (Å²) in [7, 11) is -1.88. The SMILES string of the molecule is CCCCCCCCCc1cccc(OP(O)OCCCCCCCCCCC(C)C)c1CCCCCCCCC. The van der Waals surface area contributed by atoms with Crippen molar-refractivity contribution in [1.82, 2.24) is 0 Å². The average Bonchev–Trinajstić information content (AvgIpc) is 2.95. The molecule has 240 valence electrons. The van der Waals surface area contributed by atoms with Gasteiger partial charge in [-0.25, -0.2) is 0 Å².